The number of hydrogen-bond acceptors (Lipinski definition) is 0. The molecule has 0 aliphatic carbocycles. The third kappa shape index (κ3) is 12.6. The van der Waals surface area contributed by atoms with Gasteiger partial charge in [0, 0.05) is 0 Å². The van der Waals surface area contributed by atoms with Gasteiger partial charge < -0.3 is 21.5 Å². The fourth-order valence-electron chi connectivity index (χ4n) is 2.07. The Bertz CT molecular complexity index is 217. The Balaban J connectivity index is 0. The number of allylic oxidation sites excluding steroid dienone is 2. The van der Waals surface area contributed by atoms with E-state index in [9.17, 15) is 0 Å². The maximum absolute atomic E-state index is 2.40. The smallest absolute Gasteiger partial charge is 0.0785 e. The molecule has 110 valence electrons. The van der Waals surface area contributed by atoms with E-state index in [0.717, 1.165) is 5.92 Å². The number of unbranched alkanes of at least 4 members (excludes halogenated alkanes) is 1. The van der Waals surface area contributed by atoms with Crippen molar-refractivity contribution < 1.29 is 21.5 Å². The van der Waals surface area contributed by atoms with Crippen molar-refractivity contribution in [3.05, 3.63) is 11.6 Å². The summed E-state index contributed by atoms with van der Waals surface area (Å²) in [5.74, 6) is 0.865. The number of rotatable bonds is 9. The normalized spacial score (nSPS) is 12.8. The summed E-state index contributed by atoms with van der Waals surface area (Å²) in [6, 6.07) is 0. The van der Waals surface area contributed by atoms with E-state index in [2.05, 4.69) is 47.9 Å². The first-order valence-corrected chi connectivity index (χ1v) is 7.32. The zero-order valence-electron chi connectivity index (χ0n) is 13.4. The second kappa shape index (κ2) is 11.0. The summed E-state index contributed by atoms with van der Waals surface area (Å²) in [6.07, 6.45) is 9.02. The summed E-state index contributed by atoms with van der Waals surface area (Å²) in [5.41, 5.74) is 1.45. The van der Waals surface area contributed by atoms with Crippen LogP contribution in [0.15, 0.2) is 11.6 Å². The van der Waals surface area contributed by atoms with Gasteiger partial charge in [0.05, 0.1) is 27.2 Å². The fraction of sp³-hybridized carbons (Fsp3) is 0.875. The lowest BCUT2D eigenvalue weighted by Crippen LogP contribution is -3.00. The quantitative estimate of drug-likeness (QED) is 0.448. The molecule has 0 aromatic heterocycles. The fourth-order valence-corrected chi connectivity index (χ4v) is 2.07. The van der Waals surface area contributed by atoms with E-state index in [0.29, 0.717) is 0 Å². The summed E-state index contributed by atoms with van der Waals surface area (Å²) in [7, 11) is 4.75. The molecule has 0 aliphatic rings. The number of halogens is 1. The molecule has 1 nitrogen and oxygen atoms in total. The average Bonchev–Trinajstić information content (AvgIpc) is 2.23. The maximum atomic E-state index is 2.40. The summed E-state index contributed by atoms with van der Waals surface area (Å²) in [4.78, 5) is 0. The lowest BCUT2D eigenvalue weighted by Gasteiger charge is -2.30. The van der Waals surface area contributed by atoms with Gasteiger partial charge in [-0.2, -0.15) is 0 Å². The van der Waals surface area contributed by atoms with Crippen LogP contribution in [-0.4, -0.2) is 31.7 Å². The van der Waals surface area contributed by atoms with Crippen LogP contribution in [0.3, 0.4) is 0 Å². The third-order valence-electron chi connectivity index (χ3n) is 3.56. The van der Waals surface area contributed by atoms with Gasteiger partial charge in [-0.3, -0.25) is 0 Å². The average molecular weight is 320 g/mol. The second-order valence-electron chi connectivity index (χ2n) is 6.49. The molecule has 0 aliphatic heterocycles. The highest BCUT2D eigenvalue weighted by molar-refractivity contribution is 4.92. The zero-order chi connectivity index (χ0) is 13.3. The Morgan fingerprint density at radius 1 is 1.11 bits per heavy atom. The largest absolute Gasteiger partial charge is 1.00 e. The highest BCUT2D eigenvalue weighted by atomic mass is 79.9. The molecule has 18 heavy (non-hydrogen) atoms. The number of nitrogens with zero attached hydrogens (tertiary/aromatic N) is 1. The van der Waals surface area contributed by atoms with Crippen LogP contribution in [0.5, 0.6) is 0 Å². The first-order chi connectivity index (χ1) is 7.87. The predicted octanol–water partition coefficient (Wildman–Crippen LogP) is 1.64. The van der Waals surface area contributed by atoms with Crippen LogP contribution in [0.4, 0.5) is 0 Å². The van der Waals surface area contributed by atoms with Gasteiger partial charge in [-0.1, -0.05) is 31.9 Å². The van der Waals surface area contributed by atoms with Crippen molar-refractivity contribution >= 4 is 0 Å². The number of hydrogen-bond donors (Lipinski definition) is 0. The van der Waals surface area contributed by atoms with Gasteiger partial charge in [0.15, 0.2) is 0 Å². The van der Waals surface area contributed by atoms with Crippen LogP contribution in [0, 0.1) is 5.92 Å². The molecule has 0 saturated carbocycles. The molecule has 0 aromatic rings. The Morgan fingerprint density at radius 3 is 2.22 bits per heavy atom. The van der Waals surface area contributed by atoms with Crippen molar-refractivity contribution in [2.24, 2.45) is 5.92 Å². The van der Waals surface area contributed by atoms with E-state index in [1.165, 1.54) is 55.2 Å². The molecule has 0 fully saturated rings. The van der Waals surface area contributed by atoms with Crippen LogP contribution in [0.2, 0.25) is 0 Å². The Kier molecular flexibility index (Phi) is 12.6. The molecule has 0 N–H and O–H groups in total. The van der Waals surface area contributed by atoms with Gasteiger partial charge in [-0.15, -0.1) is 0 Å². The van der Waals surface area contributed by atoms with Crippen molar-refractivity contribution in [1.29, 1.82) is 0 Å². The highest BCUT2D eigenvalue weighted by Crippen LogP contribution is 2.14. The Hall–Kier alpha value is 0.180. The molecule has 0 unspecified atom stereocenters. The summed E-state index contributed by atoms with van der Waals surface area (Å²) in [5, 5.41) is 0. The van der Waals surface area contributed by atoms with Crippen molar-refractivity contribution in [2.45, 2.75) is 59.8 Å². The molecular formula is C16H34BrN. The summed E-state index contributed by atoms with van der Waals surface area (Å²) >= 11 is 0. The number of quaternary nitrogens is 1. The van der Waals surface area contributed by atoms with E-state index >= 15 is 0 Å². The molecule has 2 heteroatoms. The predicted molar refractivity (Wildman–Crippen MR) is 79.2 cm³/mol. The molecule has 0 bridgehead atoms. The van der Waals surface area contributed by atoms with Crippen LogP contribution in [-0.2, 0) is 0 Å². The van der Waals surface area contributed by atoms with Crippen LogP contribution in [0.25, 0.3) is 0 Å². The van der Waals surface area contributed by atoms with Crippen molar-refractivity contribution in [1.82, 2.24) is 0 Å². The zero-order valence-corrected chi connectivity index (χ0v) is 15.0. The SMILES string of the molecule is CCCC[N+](C)(C)CC[C@@H](C)CCC=C(C)C.[Br-]. The van der Waals surface area contributed by atoms with Crippen molar-refractivity contribution in [2.75, 3.05) is 27.2 Å². The minimum atomic E-state index is 0. The summed E-state index contributed by atoms with van der Waals surface area (Å²) in [6.45, 7) is 11.7. The van der Waals surface area contributed by atoms with Gasteiger partial charge in [0.25, 0.3) is 0 Å². The van der Waals surface area contributed by atoms with Crippen LogP contribution >= 0.6 is 0 Å². The van der Waals surface area contributed by atoms with Gasteiger partial charge in [0.2, 0.25) is 0 Å². The van der Waals surface area contributed by atoms with Gasteiger partial charge in [0.1, 0.15) is 0 Å². The van der Waals surface area contributed by atoms with Crippen molar-refractivity contribution in [3.63, 3.8) is 0 Å². The van der Waals surface area contributed by atoms with E-state index in [1.54, 1.807) is 0 Å². The first-order valence-electron chi connectivity index (χ1n) is 7.32. The van der Waals surface area contributed by atoms with Gasteiger partial charge in [-0.05, 0) is 45.4 Å². The Labute approximate surface area is 126 Å². The van der Waals surface area contributed by atoms with Gasteiger partial charge in [-0.25, -0.2) is 0 Å². The molecule has 0 amide bonds. The van der Waals surface area contributed by atoms with E-state index in [-0.39, 0.29) is 17.0 Å². The van der Waals surface area contributed by atoms with E-state index in [1.807, 2.05) is 0 Å². The maximum Gasteiger partial charge on any atom is 0.0785 e. The first kappa shape index (κ1) is 20.5. The molecule has 0 radical (unpaired) electrons. The standard InChI is InChI=1S/C16H34N.BrH/c1-7-8-13-17(5,6)14-12-16(4)11-9-10-15(2)3;/h10,16H,7-9,11-14H2,1-6H3;1H/q+1;/p-1/t16-;/m0./s1. The van der Waals surface area contributed by atoms with Crippen LogP contribution < -0.4 is 17.0 Å². The Morgan fingerprint density at radius 2 is 1.72 bits per heavy atom. The highest BCUT2D eigenvalue weighted by Gasteiger charge is 2.15. The molecule has 0 aromatic carbocycles. The minimum Gasteiger partial charge on any atom is -1.00 e. The van der Waals surface area contributed by atoms with E-state index in [4.69, 9.17) is 0 Å². The van der Waals surface area contributed by atoms with Gasteiger partial charge >= 0.3 is 0 Å². The lowest BCUT2D eigenvalue weighted by molar-refractivity contribution is -0.891. The molecule has 0 heterocycles. The monoisotopic (exact) mass is 319 g/mol. The van der Waals surface area contributed by atoms with E-state index < -0.39 is 0 Å². The van der Waals surface area contributed by atoms with Crippen molar-refractivity contribution in [3.8, 4) is 0 Å². The lowest BCUT2D eigenvalue weighted by atomic mass is 10.0. The third-order valence-corrected chi connectivity index (χ3v) is 3.56. The second-order valence-corrected chi connectivity index (χ2v) is 6.49. The minimum absolute atomic E-state index is 0. The topological polar surface area (TPSA) is 0 Å². The molecular weight excluding hydrogens is 286 g/mol. The molecule has 0 saturated heterocycles. The van der Waals surface area contributed by atoms with Crippen LogP contribution in [0.1, 0.15) is 59.8 Å². The summed E-state index contributed by atoms with van der Waals surface area (Å²) < 4.78 is 1.20. The molecule has 0 spiro atoms. The molecule has 0 rings (SSSR count). The molecule has 1 atom stereocenters.